The second-order valence-corrected chi connectivity index (χ2v) is 10.6. The molecule has 1 N–H and O–H groups in total. The first-order chi connectivity index (χ1) is 13.5. The van der Waals surface area contributed by atoms with E-state index >= 15 is 0 Å². The molecular weight excluding hydrogens is 368 g/mol. The van der Waals surface area contributed by atoms with Crippen LogP contribution in [-0.2, 0) is 28.1 Å². The van der Waals surface area contributed by atoms with E-state index in [9.17, 15) is 8.42 Å². The van der Waals surface area contributed by atoms with E-state index in [2.05, 4.69) is 35.6 Å². The molecule has 5 heteroatoms. The Morgan fingerprint density at radius 1 is 1.18 bits per heavy atom. The highest BCUT2D eigenvalue weighted by Crippen LogP contribution is 2.52. The summed E-state index contributed by atoms with van der Waals surface area (Å²) < 4.78 is 24.3. The van der Waals surface area contributed by atoms with E-state index in [1.165, 1.54) is 23.2 Å². The third kappa shape index (κ3) is 3.74. The minimum absolute atomic E-state index is 0.0589. The van der Waals surface area contributed by atoms with Crippen molar-refractivity contribution in [2.45, 2.75) is 56.9 Å². The smallest absolute Gasteiger partial charge is 0.150 e. The number of nitrogens with one attached hydrogen (secondary N) is 1. The second kappa shape index (κ2) is 7.96. The minimum Gasteiger partial charge on any atom is -0.309 e. The molecule has 4 rings (SSSR count). The fourth-order valence-electron chi connectivity index (χ4n) is 4.84. The van der Waals surface area contributed by atoms with Crippen molar-refractivity contribution in [2.75, 3.05) is 18.1 Å². The molecule has 1 atom stereocenters. The summed E-state index contributed by atoms with van der Waals surface area (Å²) in [6.45, 7) is 2.90. The second-order valence-electron chi connectivity index (χ2n) is 8.30. The summed E-state index contributed by atoms with van der Waals surface area (Å²) in [6.07, 6.45) is 7.74. The van der Waals surface area contributed by atoms with Gasteiger partial charge >= 0.3 is 0 Å². The molecule has 0 radical (unpaired) electrons. The zero-order chi connectivity index (χ0) is 19.6. The van der Waals surface area contributed by atoms with Gasteiger partial charge in [0.25, 0.3) is 0 Å². The van der Waals surface area contributed by atoms with Crippen LogP contribution in [0.2, 0.25) is 0 Å². The highest BCUT2D eigenvalue weighted by molar-refractivity contribution is 7.91. The summed E-state index contributed by atoms with van der Waals surface area (Å²) in [6, 6.07) is 13.1. The van der Waals surface area contributed by atoms with Crippen molar-refractivity contribution in [3.63, 3.8) is 0 Å². The molecule has 0 spiro atoms. The minimum atomic E-state index is -2.96. The summed E-state index contributed by atoms with van der Waals surface area (Å²) in [5, 5.41) is 3.78. The van der Waals surface area contributed by atoms with Crippen molar-refractivity contribution in [1.82, 2.24) is 10.3 Å². The summed E-state index contributed by atoms with van der Waals surface area (Å²) in [4.78, 5) is 4.71. The van der Waals surface area contributed by atoms with E-state index in [0.29, 0.717) is 12.8 Å². The molecular formula is C23H30N2O2S. The third-order valence-electron chi connectivity index (χ3n) is 6.45. The summed E-state index contributed by atoms with van der Waals surface area (Å²) in [5.41, 5.74) is 5.11. The molecule has 2 aliphatic rings. The Bertz CT molecular complexity index is 921. The van der Waals surface area contributed by atoms with Gasteiger partial charge in [-0.25, -0.2) is 8.42 Å². The average Bonchev–Trinajstić information content (AvgIpc) is 2.67. The van der Waals surface area contributed by atoms with Gasteiger partial charge in [-0.1, -0.05) is 37.6 Å². The maximum atomic E-state index is 12.1. The molecule has 1 fully saturated rings. The average molecular weight is 399 g/mol. The van der Waals surface area contributed by atoms with Crippen LogP contribution in [-0.4, -0.2) is 31.5 Å². The molecule has 2 heterocycles. The largest absolute Gasteiger partial charge is 0.309 e. The lowest BCUT2D eigenvalue weighted by molar-refractivity contribution is 0.159. The molecule has 0 amide bonds. The van der Waals surface area contributed by atoms with Gasteiger partial charge in [-0.15, -0.1) is 0 Å². The predicted octanol–water partition coefficient (Wildman–Crippen LogP) is 3.76. The van der Waals surface area contributed by atoms with Crippen LogP contribution in [0.3, 0.4) is 0 Å². The number of fused-ring (bicyclic) bond motifs is 1. The number of sulfone groups is 1. The van der Waals surface area contributed by atoms with Crippen molar-refractivity contribution in [2.24, 2.45) is 0 Å². The van der Waals surface area contributed by atoms with Crippen LogP contribution >= 0.6 is 0 Å². The molecule has 150 valence electrons. The number of pyridine rings is 1. The van der Waals surface area contributed by atoms with Gasteiger partial charge in [0.05, 0.1) is 5.75 Å². The van der Waals surface area contributed by atoms with Gasteiger partial charge in [-0.3, -0.25) is 4.98 Å². The fourth-order valence-corrected chi connectivity index (χ4v) is 6.22. The Kier molecular flexibility index (Phi) is 5.57. The third-order valence-corrected chi connectivity index (χ3v) is 8.31. The molecule has 1 unspecified atom stereocenters. The fraction of sp³-hybridized carbons (Fsp3) is 0.522. The Balaban J connectivity index is 1.63. The topological polar surface area (TPSA) is 59.1 Å². The van der Waals surface area contributed by atoms with Gasteiger partial charge in [0.1, 0.15) is 0 Å². The van der Waals surface area contributed by atoms with E-state index in [-0.39, 0.29) is 23.0 Å². The Labute approximate surface area is 168 Å². The van der Waals surface area contributed by atoms with E-state index < -0.39 is 9.84 Å². The van der Waals surface area contributed by atoms with Gasteiger partial charge in [0.15, 0.2) is 9.84 Å². The Morgan fingerprint density at radius 2 is 2.04 bits per heavy atom. The molecule has 0 bridgehead atoms. The van der Waals surface area contributed by atoms with Crippen molar-refractivity contribution in [1.29, 1.82) is 0 Å². The zero-order valence-electron chi connectivity index (χ0n) is 16.7. The standard InChI is InChI=1S/C23H30N2O2S/c1-2-15-28(26,27)16-10-18-7-8-19-9-14-25-22(20(19)17-18)23(11-5-12-23)21-6-3-4-13-24-21/h3-4,6-8,13,17,22,25H,2,5,9-12,14-16H2,1H3. The zero-order valence-corrected chi connectivity index (χ0v) is 17.5. The number of hydrogen-bond acceptors (Lipinski definition) is 4. The van der Waals surface area contributed by atoms with Crippen molar-refractivity contribution in [3.05, 3.63) is 65.0 Å². The van der Waals surface area contributed by atoms with Crippen molar-refractivity contribution < 1.29 is 8.42 Å². The van der Waals surface area contributed by atoms with Crippen LogP contribution in [0.25, 0.3) is 0 Å². The lowest BCUT2D eigenvalue weighted by atomic mass is 9.59. The molecule has 28 heavy (non-hydrogen) atoms. The van der Waals surface area contributed by atoms with Crippen LogP contribution < -0.4 is 5.32 Å². The van der Waals surface area contributed by atoms with Gasteiger partial charge in [0, 0.05) is 29.1 Å². The normalized spacial score (nSPS) is 21.0. The molecule has 1 saturated carbocycles. The van der Waals surface area contributed by atoms with Gasteiger partial charge in [-0.2, -0.15) is 0 Å². The molecule has 1 aliphatic heterocycles. The first-order valence-corrected chi connectivity index (χ1v) is 12.3. The number of hydrogen-bond donors (Lipinski definition) is 1. The van der Waals surface area contributed by atoms with Gasteiger partial charge in [0.2, 0.25) is 0 Å². The maximum absolute atomic E-state index is 12.1. The van der Waals surface area contributed by atoms with E-state index in [0.717, 1.165) is 31.4 Å². The number of aryl methyl sites for hydroxylation is 1. The van der Waals surface area contributed by atoms with Crippen molar-refractivity contribution in [3.8, 4) is 0 Å². The predicted molar refractivity (Wildman–Crippen MR) is 113 cm³/mol. The van der Waals surface area contributed by atoms with Gasteiger partial charge < -0.3 is 5.32 Å². The van der Waals surface area contributed by atoms with Gasteiger partial charge in [-0.05, 0) is 67.5 Å². The van der Waals surface area contributed by atoms with Crippen LogP contribution in [0.5, 0.6) is 0 Å². The molecule has 1 aliphatic carbocycles. The van der Waals surface area contributed by atoms with Crippen LogP contribution in [0, 0.1) is 0 Å². The first-order valence-electron chi connectivity index (χ1n) is 10.5. The van der Waals surface area contributed by atoms with Crippen LogP contribution in [0.4, 0.5) is 0 Å². The number of benzene rings is 1. The quantitative estimate of drug-likeness (QED) is 0.772. The monoisotopic (exact) mass is 398 g/mol. The highest BCUT2D eigenvalue weighted by atomic mass is 32.2. The van der Waals surface area contributed by atoms with Crippen molar-refractivity contribution >= 4 is 9.84 Å². The molecule has 4 nitrogen and oxygen atoms in total. The van der Waals surface area contributed by atoms with E-state index in [1.807, 2.05) is 19.2 Å². The molecule has 1 aromatic heterocycles. The first kappa shape index (κ1) is 19.6. The number of aromatic nitrogens is 1. The van der Waals surface area contributed by atoms with E-state index in [1.54, 1.807) is 0 Å². The molecule has 2 aromatic rings. The lowest BCUT2D eigenvalue weighted by Crippen LogP contribution is -2.49. The number of nitrogens with zero attached hydrogens (tertiary/aromatic N) is 1. The lowest BCUT2D eigenvalue weighted by Gasteiger charge is -2.49. The SMILES string of the molecule is CCCS(=O)(=O)CCc1ccc2c(c1)C(C1(c3ccccn3)CCC1)NCC2. The van der Waals surface area contributed by atoms with E-state index in [4.69, 9.17) is 4.98 Å². The molecule has 1 aromatic carbocycles. The number of rotatable bonds is 7. The summed E-state index contributed by atoms with van der Waals surface area (Å²) in [5.74, 6) is 0.522. The maximum Gasteiger partial charge on any atom is 0.150 e. The van der Waals surface area contributed by atoms with Crippen LogP contribution in [0.1, 0.15) is 61.0 Å². The summed E-state index contributed by atoms with van der Waals surface area (Å²) >= 11 is 0. The van der Waals surface area contributed by atoms with Crippen LogP contribution in [0.15, 0.2) is 42.6 Å². The molecule has 0 saturated heterocycles. The Morgan fingerprint density at radius 3 is 2.71 bits per heavy atom. The summed E-state index contributed by atoms with van der Waals surface area (Å²) in [7, 11) is -2.96. The Hall–Kier alpha value is -1.72. The highest BCUT2D eigenvalue weighted by Gasteiger charge is 2.48.